The molecule has 0 saturated carbocycles. The Morgan fingerprint density at radius 1 is 1.09 bits per heavy atom. The first-order valence-corrected chi connectivity index (χ1v) is 10.4. The summed E-state index contributed by atoms with van der Waals surface area (Å²) in [6, 6.07) is 14.1. The summed E-state index contributed by atoms with van der Waals surface area (Å²) in [6.45, 7) is 1.80. The fraction of sp³-hybridized carbons (Fsp3) is 0.292. The Balaban J connectivity index is 2.14. The molecule has 0 fully saturated rings. The van der Waals surface area contributed by atoms with E-state index in [9.17, 15) is 19.2 Å². The van der Waals surface area contributed by atoms with Crippen molar-refractivity contribution in [1.82, 2.24) is 9.13 Å². The quantitative estimate of drug-likeness (QED) is 0.412. The Bertz CT molecular complexity index is 1380. The van der Waals surface area contributed by atoms with E-state index in [1.165, 1.54) is 14.1 Å². The second kappa shape index (κ2) is 9.96. The van der Waals surface area contributed by atoms with Crippen LogP contribution in [-0.2, 0) is 30.0 Å². The number of nitriles is 1. The predicted octanol–water partition coefficient (Wildman–Crippen LogP) is 1.92. The van der Waals surface area contributed by atoms with Crippen molar-refractivity contribution in [3.8, 4) is 6.07 Å². The van der Waals surface area contributed by atoms with Crippen molar-refractivity contribution in [3.05, 3.63) is 74.4 Å². The monoisotopic (exact) mass is 448 g/mol. The second-order valence-electron chi connectivity index (χ2n) is 7.48. The minimum Gasteiger partial charge on any atom is -0.464 e. The number of aromatic nitrogens is 2. The van der Waals surface area contributed by atoms with Gasteiger partial charge < -0.3 is 10.1 Å². The van der Waals surface area contributed by atoms with Crippen LogP contribution in [0, 0.1) is 11.3 Å². The Morgan fingerprint density at radius 3 is 2.48 bits per heavy atom. The van der Waals surface area contributed by atoms with Gasteiger partial charge in [-0.1, -0.05) is 42.5 Å². The number of ketones is 1. The number of nitrogens with zero attached hydrogens (tertiary/aromatic N) is 3. The number of fused-ring (bicyclic) bond motifs is 1. The van der Waals surface area contributed by atoms with Gasteiger partial charge in [0.1, 0.15) is 17.4 Å². The summed E-state index contributed by atoms with van der Waals surface area (Å²) >= 11 is 0. The van der Waals surface area contributed by atoms with Crippen LogP contribution < -0.4 is 16.6 Å². The molecule has 1 N–H and O–H groups in total. The second-order valence-corrected chi connectivity index (χ2v) is 7.48. The van der Waals surface area contributed by atoms with E-state index in [2.05, 4.69) is 5.32 Å². The summed E-state index contributed by atoms with van der Waals surface area (Å²) in [6.07, 6.45) is -0.370. The topological polar surface area (TPSA) is 123 Å². The molecule has 0 bridgehead atoms. The van der Waals surface area contributed by atoms with Gasteiger partial charge in [0, 0.05) is 20.5 Å². The molecule has 1 heterocycles. The highest BCUT2D eigenvalue weighted by Gasteiger charge is 2.28. The minimum atomic E-state index is -0.998. The maximum absolute atomic E-state index is 12.9. The lowest BCUT2D eigenvalue weighted by Gasteiger charge is -2.22. The van der Waals surface area contributed by atoms with Crippen molar-refractivity contribution in [2.24, 2.45) is 14.1 Å². The van der Waals surface area contributed by atoms with Crippen LogP contribution in [0.3, 0.4) is 0 Å². The maximum Gasteiger partial charge on any atom is 0.332 e. The van der Waals surface area contributed by atoms with E-state index >= 15 is 0 Å². The number of Topliss-reactive ketones (excluding diaryl/α,β-unsaturated/α-hetero) is 1. The third kappa shape index (κ3) is 4.70. The zero-order chi connectivity index (χ0) is 24.1. The number of hydrogen-bond acceptors (Lipinski definition) is 7. The standard InChI is InChI=1S/C24H24N4O5/c1-4-33-23(31)18(14-16-10-7-9-15-8-5-6-11-17(15)16)26-21-20(19(29)12-13-25)22(30)28(3)24(32)27(21)2/h5-11,18,26H,4,12,14H2,1-3H3/t18-/m0/s1. The van der Waals surface area contributed by atoms with Gasteiger partial charge in [0.05, 0.1) is 19.1 Å². The number of benzene rings is 2. The molecule has 0 aliphatic carbocycles. The first-order chi connectivity index (χ1) is 15.8. The molecule has 0 saturated heterocycles. The summed E-state index contributed by atoms with van der Waals surface area (Å²) in [5.41, 5.74) is -1.02. The normalized spacial score (nSPS) is 11.6. The molecule has 0 radical (unpaired) electrons. The van der Waals surface area contributed by atoms with E-state index in [0.29, 0.717) is 0 Å². The molecule has 3 aromatic rings. The number of nitrogens with one attached hydrogen (secondary N) is 1. The molecule has 2 aromatic carbocycles. The van der Waals surface area contributed by atoms with Gasteiger partial charge in [-0.3, -0.25) is 18.7 Å². The molecule has 0 aliphatic heterocycles. The van der Waals surface area contributed by atoms with Crippen molar-refractivity contribution < 1.29 is 14.3 Å². The van der Waals surface area contributed by atoms with Gasteiger partial charge in [0.25, 0.3) is 5.56 Å². The van der Waals surface area contributed by atoms with Crippen LogP contribution in [0.15, 0.2) is 52.1 Å². The van der Waals surface area contributed by atoms with Crippen LogP contribution >= 0.6 is 0 Å². The Labute approximate surface area is 189 Å². The van der Waals surface area contributed by atoms with Crippen molar-refractivity contribution in [2.45, 2.75) is 25.8 Å². The smallest absolute Gasteiger partial charge is 0.332 e. The summed E-state index contributed by atoms with van der Waals surface area (Å²) in [5, 5.41) is 13.8. The molecule has 0 unspecified atom stereocenters. The number of esters is 1. The van der Waals surface area contributed by atoms with Gasteiger partial charge in [-0.2, -0.15) is 5.26 Å². The van der Waals surface area contributed by atoms with E-state index in [1.807, 2.05) is 42.5 Å². The highest BCUT2D eigenvalue weighted by Crippen LogP contribution is 2.22. The lowest BCUT2D eigenvalue weighted by atomic mass is 9.98. The van der Waals surface area contributed by atoms with Crippen molar-refractivity contribution >= 4 is 28.3 Å². The lowest BCUT2D eigenvalue weighted by Crippen LogP contribution is -2.44. The van der Waals surface area contributed by atoms with Crippen LogP contribution in [-0.4, -0.2) is 33.5 Å². The third-order valence-electron chi connectivity index (χ3n) is 5.37. The molecule has 170 valence electrons. The van der Waals surface area contributed by atoms with Gasteiger partial charge in [-0.05, 0) is 23.3 Å². The van der Waals surface area contributed by atoms with E-state index in [0.717, 1.165) is 25.5 Å². The zero-order valence-electron chi connectivity index (χ0n) is 18.6. The SMILES string of the molecule is CCOC(=O)[C@H](Cc1cccc2ccccc12)Nc1c(C(=O)CC#N)c(=O)n(C)c(=O)n1C. The first kappa shape index (κ1) is 23.5. The van der Waals surface area contributed by atoms with E-state index in [-0.39, 0.29) is 24.4 Å². The molecule has 1 atom stereocenters. The molecular weight excluding hydrogens is 424 g/mol. The van der Waals surface area contributed by atoms with Crippen molar-refractivity contribution in [1.29, 1.82) is 5.26 Å². The molecule has 3 rings (SSSR count). The average Bonchev–Trinajstić information content (AvgIpc) is 2.81. The van der Waals surface area contributed by atoms with Gasteiger partial charge >= 0.3 is 11.7 Å². The van der Waals surface area contributed by atoms with Crippen LogP contribution in [0.5, 0.6) is 0 Å². The molecular formula is C24H24N4O5. The number of ether oxygens (including phenoxy) is 1. The molecule has 1 aromatic heterocycles. The molecule has 9 heteroatoms. The van der Waals surface area contributed by atoms with E-state index in [1.54, 1.807) is 13.0 Å². The van der Waals surface area contributed by atoms with Gasteiger partial charge in [0.15, 0.2) is 5.78 Å². The van der Waals surface area contributed by atoms with Crippen LogP contribution in [0.25, 0.3) is 10.8 Å². The third-order valence-corrected chi connectivity index (χ3v) is 5.37. The fourth-order valence-electron chi connectivity index (χ4n) is 3.72. The minimum absolute atomic E-state index is 0.123. The molecule has 9 nitrogen and oxygen atoms in total. The van der Waals surface area contributed by atoms with E-state index < -0.39 is 35.5 Å². The zero-order valence-corrected chi connectivity index (χ0v) is 18.6. The number of anilines is 1. The number of carbonyl (C=O) groups excluding carboxylic acids is 2. The number of hydrogen-bond donors (Lipinski definition) is 1. The lowest BCUT2D eigenvalue weighted by molar-refractivity contribution is -0.144. The fourth-order valence-corrected chi connectivity index (χ4v) is 3.72. The van der Waals surface area contributed by atoms with Gasteiger partial charge in [0.2, 0.25) is 0 Å². The molecule has 0 spiro atoms. The predicted molar refractivity (Wildman–Crippen MR) is 123 cm³/mol. The van der Waals surface area contributed by atoms with Gasteiger partial charge in [-0.25, -0.2) is 9.59 Å². The first-order valence-electron chi connectivity index (χ1n) is 10.4. The largest absolute Gasteiger partial charge is 0.464 e. The summed E-state index contributed by atoms with van der Waals surface area (Å²) in [5.74, 6) is -1.47. The maximum atomic E-state index is 12.9. The molecule has 0 aliphatic rings. The highest BCUT2D eigenvalue weighted by atomic mass is 16.5. The van der Waals surface area contributed by atoms with Gasteiger partial charge in [-0.15, -0.1) is 0 Å². The number of carbonyl (C=O) groups is 2. The Hall–Kier alpha value is -4.19. The molecule has 33 heavy (non-hydrogen) atoms. The summed E-state index contributed by atoms with van der Waals surface area (Å²) in [7, 11) is 2.63. The van der Waals surface area contributed by atoms with Crippen molar-refractivity contribution in [2.75, 3.05) is 11.9 Å². The highest BCUT2D eigenvalue weighted by molar-refractivity contribution is 6.01. The summed E-state index contributed by atoms with van der Waals surface area (Å²) < 4.78 is 7.10. The number of rotatable bonds is 8. The average molecular weight is 448 g/mol. The van der Waals surface area contributed by atoms with Crippen molar-refractivity contribution in [3.63, 3.8) is 0 Å². The van der Waals surface area contributed by atoms with Crippen LogP contribution in [0.2, 0.25) is 0 Å². The van der Waals surface area contributed by atoms with E-state index in [4.69, 9.17) is 10.00 Å². The Kier molecular flexibility index (Phi) is 7.08. The Morgan fingerprint density at radius 2 is 1.79 bits per heavy atom. The van der Waals surface area contributed by atoms with Crippen LogP contribution in [0.4, 0.5) is 5.82 Å². The van der Waals surface area contributed by atoms with Crippen LogP contribution in [0.1, 0.15) is 29.3 Å². The molecule has 0 amide bonds. The summed E-state index contributed by atoms with van der Waals surface area (Å²) in [4.78, 5) is 50.8.